The van der Waals surface area contributed by atoms with E-state index < -0.39 is 128 Å². The highest BCUT2D eigenvalue weighted by atomic mass is 19.1. The molecular formula is C62H76FN5O16. The Labute approximate surface area is 486 Å². The molecule has 6 heterocycles. The second-order valence-electron chi connectivity index (χ2n) is 23.7. The van der Waals surface area contributed by atoms with E-state index in [1.165, 1.54) is 66.5 Å². The number of ether oxygens (including phenoxy) is 5. The van der Waals surface area contributed by atoms with Gasteiger partial charge in [0.25, 0.3) is 11.7 Å². The second-order valence-corrected chi connectivity index (χ2v) is 23.7. The molecule has 3 aromatic rings. The van der Waals surface area contributed by atoms with E-state index in [1.807, 2.05) is 11.8 Å². The van der Waals surface area contributed by atoms with Gasteiger partial charge >= 0.3 is 17.7 Å². The molecule has 0 spiro atoms. The largest absolute Gasteiger partial charge is 0.507 e. The van der Waals surface area contributed by atoms with Crippen LogP contribution in [0.25, 0.3) is 10.9 Å². The van der Waals surface area contributed by atoms with Crippen LogP contribution in [0.3, 0.4) is 0 Å². The number of anilines is 1. The first-order valence-corrected chi connectivity index (χ1v) is 28.7. The van der Waals surface area contributed by atoms with Crippen LogP contribution in [0.4, 0.5) is 10.1 Å². The van der Waals surface area contributed by atoms with Crippen molar-refractivity contribution in [2.24, 2.45) is 29.6 Å². The van der Waals surface area contributed by atoms with Gasteiger partial charge in [-0.25, -0.2) is 9.18 Å². The number of carboxylic acid groups (broad SMARTS) is 1. The number of Topliss-reactive ketones (excluding diaryl/α,β-unsaturated/α-hetero) is 3. The molecule has 11 atom stereocenters. The number of amides is 1. The van der Waals surface area contributed by atoms with Crippen LogP contribution in [-0.2, 0) is 23.8 Å². The van der Waals surface area contributed by atoms with Crippen LogP contribution < -0.4 is 30.4 Å². The Morgan fingerprint density at radius 3 is 2.20 bits per heavy atom. The number of aliphatic hydroxyl groups excluding tert-OH is 2. The predicted molar refractivity (Wildman–Crippen MR) is 306 cm³/mol. The molecule has 3 fully saturated rings. The predicted octanol–water partition coefficient (Wildman–Crippen LogP) is 6.42. The number of aromatic nitrogens is 1. The van der Waals surface area contributed by atoms with Gasteiger partial charge in [0.15, 0.2) is 11.6 Å². The van der Waals surface area contributed by atoms with Crippen molar-refractivity contribution < 1.29 is 77.3 Å². The number of rotatable bonds is 10. The van der Waals surface area contributed by atoms with Crippen molar-refractivity contribution in [3.63, 3.8) is 0 Å². The monoisotopic (exact) mass is 1170 g/mol. The molecule has 7 aliphatic rings. The molecule has 5 bridgehead atoms. The minimum absolute atomic E-state index is 0.0137. The van der Waals surface area contributed by atoms with Crippen molar-refractivity contribution in [1.82, 2.24) is 20.1 Å². The Hall–Kier alpha value is -7.40. The molecule has 2 aromatic carbocycles. The number of aromatic carboxylic acids is 1. The fraction of sp³-hybridized carbons (Fsp3) is 0.532. The van der Waals surface area contributed by atoms with Crippen LogP contribution in [0.1, 0.15) is 141 Å². The van der Waals surface area contributed by atoms with E-state index in [2.05, 4.69) is 10.6 Å². The first-order chi connectivity index (χ1) is 39.7. The highest BCUT2D eigenvalue weighted by Crippen LogP contribution is 2.50. The molecule has 1 saturated carbocycles. The maximum absolute atomic E-state index is 16.3. The number of phenolic OH excluding ortho intramolecular Hbond substituents is 1. The van der Waals surface area contributed by atoms with E-state index in [9.17, 15) is 44.4 Å². The third kappa shape index (κ3) is 11.1. The Balaban J connectivity index is 1.00. The average molecular weight is 1170 g/mol. The number of carboxylic acids is 1. The number of carbonyl (C=O) groups excluding carboxylic acids is 5. The Kier molecular flexibility index (Phi) is 17.4. The van der Waals surface area contributed by atoms with E-state index in [4.69, 9.17) is 23.7 Å². The Bertz CT molecular complexity index is 3390. The summed E-state index contributed by atoms with van der Waals surface area (Å²) >= 11 is 0. The zero-order valence-corrected chi connectivity index (χ0v) is 49.2. The summed E-state index contributed by atoms with van der Waals surface area (Å²) in [5.41, 5.74) is -2.44. The molecule has 5 aliphatic heterocycles. The Morgan fingerprint density at radius 1 is 0.893 bits per heavy atom. The number of phenols is 1. The van der Waals surface area contributed by atoms with Gasteiger partial charge in [0, 0.05) is 106 Å². The lowest BCUT2D eigenvalue weighted by Crippen LogP contribution is -2.49. The smallest absolute Gasteiger partial charge is 0.341 e. The zero-order chi connectivity index (χ0) is 61.1. The number of aromatic hydroxyl groups is 1. The van der Waals surface area contributed by atoms with Crippen molar-refractivity contribution >= 4 is 51.8 Å². The van der Waals surface area contributed by atoms with Crippen molar-refractivity contribution in [3.05, 3.63) is 104 Å². The number of allylic oxidation sites excluding steroid dienone is 4. The molecule has 1 aromatic heterocycles. The minimum Gasteiger partial charge on any atom is -0.507 e. The maximum Gasteiger partial charge on any atom is 0.341 e. The summed E-state index contributed by atoms with van der Waals surface area (Å²) in [6.45, 7) is 15.7. The summed E-state index contributed by atoms with van der Waals surface area (Å²) in [4.78, 5) is 101. The quantitative estimate of drug-likeness (QED) is 0.119. The summed E-state index contributed by atoms with van der Waals surface area (Å²) in [5.74, 6) is -11.6. The minimum atomic E-state index is -2.15. The number of ketones is 3. The third-order valence-electron chi connectivity index (χ3n) is 18.1. The van der Waals surface area contributed by atoms with Gasteiger partial charge in [0.05, 0.1) is 59.3 Å². The zero-order valence-electron chi connectivity index (χ0n) is 49.2. The molecule has 2 saturated heterocycles. The number of methoxy groups -OCH3 is 2. The highest BCUT2D eigenvalue weighted by molar-refractivity contribution is 6.32. The van der Waals surface area contributed by atoms with Crippen molar-refractivity contribution in [1.29, 1.82) is 0 Å². The van der Waals surface area contributed by atoms with Crippen LogP contribution in [0.5, 0.6) is 17.2 Å². The normalized spacial score (nSPS) is 29.9. The highest BCUT2D eigenvalue weighted by Gasteiger charge is 2.53. The van der Waals surface area contributed by atoms with Gasteiger partial charge in [-0.2, -0.15) is 0 Å². The number of likely N-dealkylation sites (tertiary alicyclic amines) is 1. The number of nitrogens with zero attached hydrogens (tertiary/aromatic N) is 3. The number of fused-ring (bicyclic) bond motifs is 15. The fourth-order valence-corrected chi connectivity index (χ4v) is 12.9. The van der Waals surface area contributed by atoms with E-state index >= 15 is 14.0 Å². The van der Waals surface area contributed by atoms with Crippen LogP contribution in [0.2, 0.25) is 0 Å². The first kappa shape index (κ1) is 61.2. The van der Waals surface area contributed by atoms with E-state index in [1.54, 1.807) is 49.3 Å². The molecule has 2 aliphatic carbocycles. The number of pyridine rings is 1. The number of hydrogen-bond acceptors (Lipinski definition) is 18. The van der Waals surface area contributed by atoms with Gasteiger partial charge in [-0.05, 0) is 70.9 Å². The topological polar surface area (TPSA) is 282 Å². The lowest BCUT2D eigenvalue weighted by Gasteiger charge is -2.39. The van der Waals surface area contributed by atoms with E-state index in [0.717, 1.165) is 18.9 Å². The molecule has 0 radical (unpaired) electrons. The van der Waals surface area contributed by atoms with Crippen LogP contribution in [0, 0.1) is 42.3 Å². The SMILES string of the molecule is COc1c(N2CCC(C(C)NC3CCN(C4=C5NC(=O)/C(C)=C\C=C\[C@H](C)[C@H](O)[C@@H](C)[C@@H](O)[C@@H](C)[C@H](OC(C)=O)[C@H](C)[C@@H](OC)/C=C/O[C@@]6(C)Oc7c(C)c(O)c(c(c7C6=O)C4=O)C5=O)CC3)C2)c(F)cc2c(=O)c(C(=O)O)cn(C3CC3)c12. The number of hydrogen-bond donors (Lipinski definition) is 6. The summed E-state index contributed by atoms with van der Waals surface area (Å²) in [6.07, 6.45) is 7.64. The van der Waals surface area contributed by atoms with E-state index in [-0.39, 0.29) is 82.1 Å². The lowest BCUT2D eigenvalue weighted by atomic mass is 9.78. The van der Waals surface area contributed by atoms with Crippen molar-refractivity contribution in [2.45, 2.75) is 143 Å². The number of esters is 1. The first-order valence-electron chi connectivity index (χ1n) is 28.7. The molecule has 6 N–H and O–H groups in total. The van der Waals surface area contributed by atoms with Gasteiger partial charge in [-0.15, -0.1) is 0 Å². The molecule has 22 heteroatoms. The van der Waals surface area contributed by atoms with Crippen molar-refractivity contribution in [2.75, 3.05) is 45.3 Å². The third-order valence-corrected chi connectivity index (χ3v) is 18.1. The second kappa shape index (κ2) is 23.9. The number of halogens is 1. The van der Waals surface area contributed by atoms with Gasteiger partial charge in [0.2, 0.25) is 17.0 Å². The van der Waals surface area contributed by atoms with Crippen LogP contribution in [-0.4, -0.2) is 148 Å². The summed E-state index contributed by atoms with van der Waals surface area (Å²) in [7, 11) is 2.82. The summed E-state index contributed by atoms with van der Waals surface area (Å²) < 4.78 is 47.7. The number of aliphatic hydroxyl groups is 2. The molecule has 1 amide bonds. The molecule has 21 nitrogen and oxygen atoms in total. The van der Waals surface area contributed by atoms with Crippen LogP contribution in [0.15, 0.2) is 64.6 Å². The number of nitrogens with one attached hydrogen (secondary N) is 2. The summed E-state index contributed by atoms with van der Waals surface area (Å²) in [5, 5.41) is 51.2. The standard InChI is InChI=1S/C62H76FN5O16/c1-28-13-12-14-29(2)60(77)65-46-49(66-22-18-37(19-23-66)64-34(7)36-17-21-67(26-36)48-41(63)25-39-47(58(48)81-11)68(38-15-16-38)27-40(53(39)73)61(78)79)55(75)43-44(54(46)74)52(72)33(6)57-45(43)59(76)62(9,84-57)82-24-20-42(80-10)30(3)56(83-35(8)69)32(5)51(71)31(4)50(28)70/h12-14,20,24-25,27-28,30-32,34,36-38,42,50-51,56,64,70-72H,15-19,21-23,26H2,1-11H3,(H,65,77)(H,78,79)/b13-12+,24-20+,29-14-/t28-,30+,31+,32+,34?,36?,42-,50-,51+,56+,62-/m0/s1. The maximum atomic E-state index is 16.3. The number of piperidine rings is 1. The lowest BCUT2D eigenvalue weighted by molar-refractivity contribution is -0.160. The Morgan fingerprint density at radius 2 is 1.57 bits per heavy atom. The molecule has 10 rings (SSSR count). The number of benzene rings is 2. The van der Waals surface area contributed by atoms with Gasteiger partial charge in [-0.1, -0.05) is 45.9 Å². The molecule has 452 valence electrons. The molecule has 84 heavy (non-hydrogen) atoms. The molecular weight excluding hydrogens is 1090 g/mol. The average Bonchev–Trinajstić information content (AvgIpc) is 1.47. The number of carbonyl (C=O) groups is 6. The van der Waals surface area contributed by atoms with E-state index in [0.29, 0.717) is 37.9 Å². The van der Waals surface area contributed by atoms with Gasteiger partial charge in [-0.3, -0.25) is 28.8 Å². The van der Waals surface area contributed by atoms with Crippen LogP contribution >= 0.6 is 0 Å². The fourth-order valence-electron chi connectivity index (χ4n) is 12.9. The van der Waals surface area contributed by atoms with Gasteiger partial charge in [0.1, 0.15) is 40.2 Å². The molecule has 2 unspecified atom stereocenters. The van der Waals surface area contributed by atoms with Gasteiger partial charge < -0.3 is 69.1 Å². The summed E-state index contributed by atoms with van der Waals surface area (Å²) in [6, 6.07) is 0.831. The van der Waals surface area contributed by atoms with Crippen molar-refractivity contribution in [3.8, 4) is 17.2 Å².